The van der Waals surface area contributed by atoms with E-state index in [1.807, 2.05) is 13.8 Å². The van der Waals surface area contributed by atoms with E-state index in [0.29, 0.717) is 12.5 Å². The standard InChI is InChI=1S/C14H19FN2O3/c1-4-9(2)8-17(3)14(20)16-10-5-6-11(13(18)19)12(15)7-10/h5-7,9H,4,8H2,1-3H3,(H,16,20)(H,18,19). The van der Waals surface area contributed by atoms with Gasteiger partial charge < -0.3 is 15.3 Å². The van der Waals surface area contributed by atoms with E-state index in [2.05, 4.69) is 5.32 Å². The lowest BCUT2D eigenvalue weighted by Crippen LogP contribution is -2.34. The normalized spacial score (nSPS) is 11.8. The highest BCUT2D eigenvalue weighted by atomic mass is 19.1. The molecule has 0 saturated carbocycles. The molecule has 1 unspecified atom stereocenters. The van der Waals surface area contributed by atoms with Gasteiger partial charge in [0.2, 0.25) is 0 Å². The number of carbonyl (C=O) groups excluding carboxylic acids is 1. The van der Waals surface area contributed by atoms with Gasteiger partial charge in [-0.05, 0) is 24.1 Å². The number of urea groups is 1. The molecule has 0 aliphatic rings. The molecule has 1 rings (SSSR count). The van der Waals surface area contributed by atoms with Gasteiger partial charge in [-0.15, -0.1) is 0 Å². The molecule has 1 aromatic carbocycles. The maximum Gasteiger partial charge on any atom is 0.338 e. The first-order valence-electron chi connectivity index (χ1n) is 6.40. The Balaban J connectivity index is 2.71. The number of halogens is 1. The predicted octanol–water partition coefficient (Wildman–Crippen LogP) is 3.03. The van der Waals surface area contributed by atoms with Crippen molar-refractivity contribution in [2.75, 3.05) is 18.9 Å². The van der Waals surface area contributed by atoms with E-state index in [1.54, 1.807) is 7.05 Å². The number of carbonyl (C=O) groups is 2. The Hall–Kier alpha value is -2.11. The van der Waals surface area contributed by atoms with E-state index < -0.39 is 17.3 Å². The number of carboxylic acid groups (broad SMARTS) is 1. The second-order valence-corrected chi connectivity index (χ2v) is 4.82. The van der Waals surface area contributed by atoms with Crippen LogP contribution in [0.15, 0.2) is 18.2 Å². The molecule has 1 atom stereocenters. The molecule has 6 heteroatoms. The van der Waals surface area contributed by atoms with Gasteiger partial charge >= 0.3 is 12.0 Å². The number of rotatable bonds is 5. The van der Waals surface area contributed by atoms with Crippen LogP contribution in [0.4, 0.5) is 14.9 Å². The summed E-state index contributed by atoms with van der Waals surface area (Å²) in [4.78, 5) is 24.1. The van der Waals surface area contributed by atoms with E-state index in [-0.39, 0.29) is 11.7 Å². The van der Waals surface area contributed by atoms with Crippen molar-refractivity contribution in [3.63, 3.8) is 0 Å². The number of aromatic carboxylic acids is 1. The Morgan fingerprint density at radius 1 is 1.45 bits per heavy atom. The topological polar surface area (TPSA) is 69.6 Å². The van der Waals surface area contributed by atoms with Crippen molar-refractivity contribution in [2.45, 2.75) is 20.3 Å². The van der Waals surface area contributed by atoms with E-state index in [1.165, 1.54) is 11.0 Å². The van der Waals surface area contributed by atoms with Crippen LogP contribution >= 0.6 is 0 Å². The van der Waals surface area contributed by atoms with Crippen molar-refractivity contribution in [3.8, 4) is 0 Å². The van der Waals surface area contributed by atoms with Crippen LogP contribution in [0.3, 0.4) is 0 Å². The van der Waals surface area contributed by atoms with Gasteiger partial charge in [0.05, 0.1) is 5.56 Å². The van der Waals surface area contributed by atoms with Crippen molar-refractivity contribution in [3.05, 3.63) is 29.6 Å². The molecule has 2 N–H and O–H groups in total. The fourth-order valence-corrected chi connectivity index (χ4v) is 1.66. The number of hydrogen-bond donors (Lipinski definition) is 2. The Morgan fingerprint density at radius 2 is 2.10 bits per heavy atom. The van der Waals surface area contributed by atoms with Gasteiger partial charge in [-0.3, -0.25) is 0 Å². The van der Waals surface area contributed by atoms with E-state index in [4.69, 9.17) is 5.11 Å². The van der Waals surface area contributed by atoms with Crippen LogP contribution in [0.25, 0.3) is 0 Å². The van der Waals surface area contributed by atoms with Crippen LogP contribution in [0, 0.1) is 11.7 Å². The molecule has 0 bridgehead atoms. The third kappa shape index (κ3) is 4.22. The molecule has 0 aliphatic carbocycles. The van der Waals surface area contributed by atoms with Gasteiger partial charge in [0.15, 0.2) is 0 Å². The van der Waals surface area contributed by atoms with Crippen LogP contribution in [-0.2, 0) is 0 Å². The van der Waals surface area contributed by atoms with Crippen LogP contribution in [0.5, 0.6) is 0 Å². The van der Waals surface area contributed by atoms with E-state index >= 15 is 0 Å². The van der Waals surface area contributed by atoms with Crippen molar-refractivity contribution in [1.82, 2.24) is 4.90 Å². The number of nitrogens with one attached hydrogen (secondary N) is 1. The highest BCUT2D eigenvalue weighted by Gasteiger charge is 2.14. The van der Waals surface area contributed by atoms with E-state index in [0.717, 1.165) is 18.6 Å². The van der Waals surface area contributed by atoms with Gasteiger partial charge in [-0.2, -0.15) is 0 Å². The molecule has 20 heavy (non-hydrogen) atoms. The Kier molecular flexibility index (Phi) is 5.49. The monoisotopic (exact) mass is 282 g/mol. The van der Waals surface area contributed by atoms with Gasteiger partial charge in [0.1, 0.15) is 5.82 Å². The van der Waals surface area contributed by atoms with Crippen molar-refractivity contribution < 1.29 is 19.1 Å². The summed E-state index contributed by atoms with van der Waals surface area (Å²) in [5.74, 6) is -1.84. The SMILES string of the molecule is CCC(C)CN(C)C(=O)Nc1ccc(C(=O)O)c(F)c1. The summed E-state index contributed by atoms with van der Waals surface area (Å²) in [7, 11) is 1.66. The molecule has 0 radical (unpaired) electrons. The molecule has 1 aromatic rings. The molecule has 0 aromatic heterocycles. The summed E-state index contributed by atoms with van der Waals surface area (Å²) in [5.41, 5.74) is -0.190. The first-order valence-corrected chi connectivity index (χ1v) is 6.40. The summed E-state index contributed by atoms with van der Waals surface area (Å²) in [6, 6.07) is 3.13. The average Bonchev–Trinajstić information content (AvgIpc) is 2.37. The maximum atomic E-state index is 13.5. The first-order chi connectivity index (χ1) is 9.35. The second kappa shape index (κ2) is 6.88. The third-order valence-corrected chi connectivity index (χ3v) is 3.08. The molecular weight excluding hydrogens is 263 g/mol. The highest BCUT2D eigenvalue weighted by molar-refractivity contribution is 5.91. The molecule has 0 aliphatic heterocycles. The summed E-state index contributed by atoms with van der Waals surface area (Å²) < 4.78 is 13.5. The largest absolute Gasteiger partial charge is 0.478 e. The lowest BCUT2D eigenvalue weighted by atomic mass is 10.1. The smallest absolute Gasteiger partial charge is 0.338 e. The van der Waals surface area contributed by atoms with Crippen molar-refractivity contribution in [2.24, 2.45) is 5.92 Å². The second-order valence-electron chi connectivity index (χ2n) is 4.82. The Morgan fingerprint density at radius 3 is 2.60 bits per heavy atom. The number of anilines is 1. The Bertz CT molecular complexity index is 505. The zero-order valence-electron chi connectivity index (χ0n) is 11.8. The third-order valence-electron chi connectivity index (χ3n) is 3.08. The quantitative estimate of drug-likeness (QED) is 0.872. The minimum absolute atomic E-state index is 0.230. The summed E-state index contributed by atoms with van der Waals surface area (Å²) in [6.45, 7) is 4.67. The lowest BCUT2D eigenvalue weighted by molar-refractivity contribution is 0.0692. The predicted molar refractivity (Wildman–Crippen MR) is 74.5 cm³/mol. The van der Waals surface area contributed by atoms with Crippen molar-refractivity contribution in [1.29, 1.82) is 0 Å². The number of amides is 2. The number of hydrogen-bond acceptors (Lipinski definition) is 2. The van der Waals surface area contributed by atoms with E-state index in [9.17, 15) is 14.0 Å². The number of nitrogens with zero attached hydrogens (tertiary/aromatic N) is 1. The van der Waals surface area contributed by atoms with Crippen LogP contribution in [0.2, 0.25) is 0 Å². The molecule has 5 nitrogen and oxygen atoms in total. The van der Waals surface area contributed by atoms with Crippen molar-refractivity contribution >= 4 is 17.7 Å². The van der Waals surface area contributed by atoms with Gasteiger partial charge in [-0.25, -0.2) is 14.0 Å². The molecule has 110 valence electrons. The fraction of sp³-hybridized carbons (Fsp3) is 0.429. The minimum Gasteiger partial charge on any atom is -0.478 e. The molecular formula is C14H19FN2O3. The summed E-state index contributed by atoms with van der Waals surface area (Å²) in [5, 5.41) is 11.2. The first kappa shape index (κ1) is 15.9. The number of carboxylic acids is 1. The molecule has 2 amide bonds. The molecule has 0 saturated heterocycles. The minimum atomic E-state index is -1.34. The lowest BCUT2D eigenvalue weighted by Gasteiger charge is -2.21. The van der Waals surface area contributed by atoms with Gasteiger partial charge in [0.25, 0.3) is 0 Å². The van der Waals surface area contributed by atoms with Gasteiger partial charge in [-0.1, -0.05) is 20.3 Å². The molecule has 0 fully saturated rings. The molecule has 0 spiro atoms. The molecule has 0 heterocycles. The number of benzene rings is 1. The van der Waals surface area contributed by atoms with Crippen LogP contribution < -0.4 is 5.32 Å². The van der Waals surface area contributed by atoms with Crippen LogP contribution in [0.1, 0.15) is 30.6 Å². The summed E-state index contributed by atoms with van der Waals surface area (Å²) >= 11 is 0. The zero-order chi connectivity index (χ0) is 15.3. The fourth-order valence-electron chi connectivity index (χ4n) is 1.66. The Labute approximate surface area is 117 Å². The highest BCUT2D eigenvalue weighted by Crippen LogP contribution is 2.15. The van der Waals surface area contributed by atoms with Gasteiger partial charge in [0, 0.05) is 19.3 Å². The maximum absolute atomic E-state index is 13.5. The summed E-state index contributed by atoms with van der Waals surface area (Å²) in [6.07, 6.45) is 0.958. The zero-order valence-corrected chi connectivity index (χ0v) is 11.8. The van der Waals surface area contributed by atoms with Crippen LogP contribution in [-0.4, -0.2) is 35.6 Å². The average molecular weight is 282 g/mol.